The highest BCUT2D eigenvalue weighted by Gasteiger charge is 2.48. The van der Waals surface area contributed by atoms with E-state index in [0.29, 0.717) is 96.1 Å². The minimum Gasteiger partial charge on any atom is -0.490 e. The van der Waals surface area contributed by atoms with Gasteiger partial charge in [0, 0.05) is 66.9 Å². The van der Waals surface area contributed by atoms with Crippen LogP contribution in [-0.2, 0) is 27.3 Å². The van der Waals surface area contributed by atoms with Gasteiger partial charge in [0.2, 0.25) is 12.0 Å². The van der Waals surface area contributed by atoms with Crippen LogP contribution in [0.1, 0.15) is 22.4 Å². The number of hydrogen-bond acceptors (Lipinski definition) is 16. The third kappa shape index (κ3) is 10.2. The Labute approximate surface area is 439 Å². The summed E-state index contributed by atoms with van der Waals surface area (Å²) in [7, 11) is 2.10. The standard InChI is InChI=1S/C54H51Cl2FN6O10S/c1-28-42-29(2)46(56)49(45(28)55)72-37(22-63-18-16-62(3)17-19-63)24-67-36-12-13-39(68-23-34-14-15-58-51(61-34)31-6-10-35(11-7-31)71-41-26-70-47-38(64)25-69-48(41)47)32(20-36)21-40(54(65)66)73-52-44-43(42)50(74-53(44)60-27-59-52)30-4-8-33(57)9-5-30/h4-15,20,27,37-38,40-41,47-48,64H,16-19,21-26H2,1-3H3,(H,65,66)/t37?,38-,40-,41+,47-,48-/m1/s1. The second kappa shape index (κ2) is 21.2. The van der Waals surface area contributed by atoms with E-state index in [1.165, 1.54) is 29.8 Å². The van der Waals surface area contributed by atoms with Crippen LogP contribution in [0.15, 0.2) is 85.3 Å². The number of aliphatic carboxylic acids is 1. The average Bonchev–Trinajstić information content (AvgIpc) is 4.11. The molecule has 3 saturated heterocycles. The van der Waals surface area contributed by atoms with Crippen molar-refractivity contribution in [2.75, 3.05) is 59.6 Å². The van der Waals surface area contributed by atoms with E-state index in [4.69, 9.17) is 61.3 Å². The van der Waals surface area contributed by atoms with E-state index in [0.717, 1.165) is 31.7 Å². The topological polar surface area (TPSA) is 180 Å². The van der Waals surface area contributed by atoms with Gasteiger partial charge in [0.05, 0.1) is 34.3 Å². The van der Waals surface area contributed by atoms with E-state index >= 15 is 0 Å². The van der Waals surface area contributed by atoms with Crippen molar-refractivity contribution in [3.63, 3.8) is 0 Å². The molecule has 1 unspecified atom stereocenters. The van der Waals surface area contributed by atoms with Crippen molar-refractivity contribution in [1.82, 2.24) is 29.7 Å². The van der Waals surface area contributed by atoms with Crippen molar-refractivity contribution in [1.29, 1.82) is 0 Å². The second-order valence-electron chi connectivity index (χ2n) is 18.8. The largest absolute Gasteiger partial charge is 0.490 e. The van der Waals surface area contributed by atoms with Crippen LogP contribution in [0.4, 0.5) is 4.39 Å². The molecule has 0 aliphatic carbocycles. The van der Waals surface area contributed by atoms with Gasteiger partial charge in [-0.15, -0.1) is 11.3 Å². The van der Waals surface area contributed by atoms with Crippen molar-refractivity contribution in [2.24, 2.45) is 0 Å². The third-order valence-electron chi connectivity index (χ3n) is 13.8. The Balaban J connectivity index is 0.937. The number of hydrogen-bond donors (Lipinski definition) is 2. The van der Waals surface area contributed by atoms with E-state index in [9.17, 15) is 19.4 Å². The first kappa shape index (κ1) is 50.0. The van der Waals surface area contributed by atoms with Gasteiger partial charge < -0.3 is 48.3 Å². The number of likely N-dealkylation sites (N-methyl/N-ethyl adjacent to an activating group) is 1. The highest BCUT2D eigenvalue weighted by atomic mass is 35.5. The molecule has 20 heteroatoms. The number of aliphatic hydroxyl groups is 1. The first-order valence-electron chi connectivity index (χ1n) is 24.2. The van der Waals surface area contributed by atoms with Crippen molar-refractivity contribution in [2.45, 2.75) is 63.5 Å². The lowest BCUT2D eigenvalue weighted by atomic mass is 9.92. The molecule has 0 amide bonds. The Morgan fingerprint density at radius 1 is 0.865 bits per heavy atom. The van der Waals surface area contributed by atoms with Crippen LogP contribution >= 0.6 is 34.5 Å². The second-order valence-corrected chi connectivity index (χ2v) is 20.6. The number of piperazine rings is 1. The summed E-state index contributed by atoms with van der Waals surface area (Å²) >= 11 is 16.0. The fourth-order valence-electron chi connectivity index (χ4n) is 9.88. The monoisotopic (exact) mass is 1060 g/mol. The normalized spacial score (nSPS) is 22.1. The Morgan fingerprint density at radius 2 is 1.61 bits per heavy atom. The van der Waals surface area contributed by atoms with Crippen molar-refractivity contribution < 1.29 is 52.6 Å². The molecule has 3 fully saturated rings. The van der Waals surface area contributed by atoms with Gasteiger partial charge in [-0.25, -0.2) is 29.1 Å². The number of carboxylic acids is 1. The van der Waals surface area contributed by atoms with E-state index in [2.05, 4.69) is 31.8 Å². The molecule has 7 aromatic rings. The summed E-state index contributed by atoms with van der Waals surface area (Å²) in [5, 5.41) is 22.1. The molecular formula is C54H51Cl2FN6O10S. The number of fused-ring (bicyclic) bond motifs is 8. The molecule has 0 spiro atoms. The summed E-state index contributed by atoms with van der Waals surface area (Å²) in [5.41, 5.74) is 4.99. The highest BCUT2D eigenvalue weighted by Crippen LogP contribution is 2.53. The molecule has 2 N–H and O–H groups in total. The highest BCUT2D eigenvalue weighted by molar-refractivity contribution is 7.22. The Hall–Kier alpha value is -6.22. The van der Waals surface area contributed by atoms with Crippen LogP contribution in [0, 0.1) is 19.7 Å². The van der Waals surface area contributed by atoms with Crippen LogP contribution in [0.2, 0.25) is 10.0 Å². The van der Waals surface area contributed by atoms with E-state index < -0.39 is 36.2 Å². The summed E-state index contributed by atoms with van der Waals surface area (Å²) in [6.45, 7) is 8.29. The number of nitrogens with zero attached hydrogens (tertiary/aromatic N) is 6. The fourth-order valence-corrected chi connectivity index (χ4v) is 11.5. The lowest BCUT2D eigenvalue weighted by Crippen LogP contribution is -2.49. The minimum absolute atomic E-state index is 0.00788. The number of ether oxygens (including phenoxy) is 7. The van der Waals surface area contributed by atoms with Gasteiger partial charge in [0.1, 0.15) is 71.9 Å². The average molecular weight is 1070 g/mol. The minimum atomic E-state index is -1.49. The molecule has 4 bridgehead atoms. The number of carboxylic acid groups (broad SMARTS) is 1. The molecule has 5 aliphatic rings. The van der Waals surface area contributed by atoms with Gasteiger partial charge in [0.25, 0.3) is 0 Å². The maximum atomic E-state index is 14.4. The zero-order valence-electron chi connectivity index (χ0n) is 40.5. The van der Waals surface area contributed by atoms with Gasteiger partial charge in [-0.3, -0.25) is 4.90 Å². The van der Waals surface area contributed by atoms with E-state index in [1.807, 2.05) is 38.1 Å². The number of benzene rings is 4. The SMILES string of the molecule is Cc1c(Cl)c2c(Cl)c(C)c1-c1c(-c3ccc(F)cc3)sc3ncnc(c13)O[C@@H](C(=O)O)Cc1cc(ccc1OCc1ccnc(-c3ccc(O[C@H]4CO[C@H]5[C@@H]4OC[C@H]5O)cc3)n1)OCC(CN1CCN(C)CC1)O2. The first-order valence-corrected chi connectivity index (χ1v) is 25.8. The molecule has 74 heavy (non-hydrogen) atoms. The maximum Gasteiger partial charge on any atom is 0.345 e. The zero-order chi connectivity index (χ0) is 51.2. The molecule has 12 rings (SSSR count). The number of aromatic nitrogens is 4. The summed E-state index contributed by atoms with van der Waals surface area (Å²) in [4.78, 5) is 37.7. The van der Waals surface area contributed by atoms with Crippen LogP contribution in [0.5, 0.6) is 28.9 Å². The van der Waals surface area contributed by atoms with Gasteiger partial charge in [-0.05, 0) is 104 Å². The zero-order valence-corrected chi connectivity index (χ0v) is 42.8. The quantitative estimate of drug-likeness (QED) is 0.133. The van der Waals surface area contributed by atoms with E-state index in [-0.39, 0.29) is 54.4 Å². The predicted molar refractivity (Wildman–Crippen MR) is 275 cm³/mol. The third-order valence-corrected chi connectivity index (χ3v) is 15.9. The Morgan fingerprint density at radius 3 is 2.36 bits per heavy atom. The summed E-state index contributed by atoms with van der Waals surface area (Å²) in [5.74, 6) is 0.533. The molecule has 384 valence electrons. The molecule has 5 aliphatic heterocycles. The lowest BCUT2D eigenvalue weighted by Gasteiger charge is -2.35. The van der Waals surface area contributed by atoms with Crippen LogP contribution in [0.25, 0.3) is 43.2 Å². The summed E-state index contributed by atoms with van der Waals surface area (Å²) < 4.78 is 58.4. The van der Waals surface area contributed by atoms with Gasteiger partial charge in [-0.1, -0.05) is 35.3 Å². The molecule has 0 saturated carbocycles. The smallest absolute Gasteiger partial charge is 0.345 e. The molecule has 4 aromatic carbocycles. The number of halogens is 3. The van der Waals surface area contributed by atoms with Crippen LogP contribution < -0.4 is 23.7 Å². The fraction of sp³-hybridized carbons (Fsp3) is 0.352. The lowest BCUT2D eigenvalue weighted by molar-refractivity contribution is -0.145. The van der Waals surface area contributed by atoms with Crippen LogP contribution in [0.3, 0.4) is 0 Å². The Bertz CT molecular complexity index is 3190. The molecule has 0 radical (unpaired) electrons. The molecule has 3 aromatic heterocycles. The summed E-state index contributed by atoms with van der Waals surface area (Å²) in [6.07, 6.45) is -1.00. The van der Waals surface area contributed by atoms with E-state index in [1.54, 1.807) is 42.6 Å². The molecule has 16 nitrogen and oxygen atoms in total. The van der Waals surface area contributed by atoms with Gasteiger partial charge >= 0.3 is 5.97 Å². The van der Waals surface area contributed by atoms with Crippen LogP contribution in [-0.4, -0.2) is 142 Å². The van der Waals surface area contributed by atoms with Crippen molar-refractivity contribution in [3.05, 3.63) is 124 Å². The number of aliphatic hydroxyl groups excluding tert-OH is 1. The number of thiophene rings is 1. The number of rotatable bonds is 10. The molecule has 6 atom stereocenters. The van der Waals surface area contributed by atoms with Gasteiger partial charge in [0.15, 0.2) is 17.7 Å². The molecule has 8 heterocycles. The van der Waals surface area contributed by atoms with Crippen molar-refractivity contribution in [3.8, 4) is 61.8 Å². The summed E-state index contributed by atoms with van der Waals surface area (Å²) in [6, 6.07) is 20.4. The molecular weight excluding hydrogens is 1010 g/mol. The first-order chi connectivity index (χ1) is 35.8. The number of carbonyl (C=O) groups is 1. The predicted octanol–water partition coefficient (Wildman–Crippen LogP) is 8.49. The van der Waals surface area contributed by atoms with Gasteiger partial charge in [-0.2, -0.15) is 0 Å². The van der Waals surface area contributed by atoms with Crippen molar-refractivity contribution >= 4 is 50.7 Å². The Kier molecular flexibility index (Phi) is 14.3. The maximum absolute atomic E-state index is 14.4.